The number of furan rings is 1. The molecule has 0 unspecified atom stereocenters. The number of hydrogen-bond donors (Lipinski definition) is 1. The van der Waals surface area contributed by atoms with Crippen molar-refractivity contribution in [3.8, 4) is 17.3 Å². The van der Waals surface area contributed by atoms with Gasteiger partial charge in [-0.2, -0.15) is 0 Å². The minimum Gasteiger partial charge on any atom is -0.475 e. The summed E-state index contributed by atoms with van der Waals surface area (Å²) in [4.78, 5) is 22.3. The summed E-state index contributed by atoms with van der Waals surface area (Å²) in [7, 11) is 0. The molecule has 3 aromatic rings. The summed E-state index contributed by atoms with van der Waals surface area (Å²) in [6, 6.07) is 10.5. The maximum atomic E-state index is 12.1. The van der Waals surface area contributed by atoms with E-state index in [9.17, 15) is 14.9 Å². The molecule has 27 heavy (non-hydrogen) atoms. The molecule has 0 fully saturated rings. The molecule has 1 N–H and O–H groups in total. The first-order valence-corrected chi connectivity index (χ1v) is 8.15. The zero-order chi connectivity index (χ0) is 19.2. The summed E-state index contributed by atoms with van der Waals surface area (Å²) in [5.41, 5.74) is 0.377. The number of non-ortho nitro benzene ring substituents is 1. The van der Waals surface area contributed by atoms with E-state index in [1.54, 1.807) is 24.3 Å². The van der Waals surface area contributed by atoms with E-state index in [1.807, 2.05) is 0 Å². The van der Waals surface area contributed by atoms with Gasteiger partial charge in [-0.3, -0.25) is 14.9 Å². The molecule has 0 aliphatic carbocycles. The van der Waals surface area contributed by atoms with Crippen molar-refractivity contribution in [2.24, 2.45) is 0 Å². The Morgan fingerprint density at radius 2 is 2.11 bits per heavy atom. The van der Waals surface area contributed by atoms with Crippen molar-refractivity contribution >= 4 is 23.2 Å². The normalized spacial score (nSPS) is 10.4. The van der Waals surface area contributed by atoms with Gasteiger partial charge < -0.3 is 14.5 Å². The van der Waals surface area contributed by atoms with Crippen LogP contribution in [0.2, 0.25) is 5.02 Å². The van der Waals surface area contributed by atoms with Crippen LogP contribution in [0.5, 0.6) is 5.88 Å². The van der Waals surface area contributed by atoms with Gasteiger partial charge in [0, 0.05) is 18.2 Å². The fourth-order valence-electron chi connectivity index (χ4n) is 2.17. The summed E-state index contributed by atoms with van der Waals surface area (Å²) in [6.07, 6.45) is 1.54. The topological polar surface area (TPSA) is 120 Å². The fraction of sp³-hybridized carbons (Fsp3) is 0.118. The van der Waals surface area contributed by atoms with Gasteiger partial charge >= 0.3 is 0 Å². The smallest absolute Gasteiger partial charge is 0.270 e. The molecule has 2 aromatic heterocycles. The van der Waals surface area contributed by atoms with Gasteiger partial charge in [0.05, 0.1) is 28.3 Å². The maximum Gasteiger partial charge on any atom is 0.270 e. The van der Waals surface area contributed by atoms with E-state index in [0.717, 1.165) is 6.07 Å². The number of nitrogens with one attached hydrogen (secondary N) is 1. The summed E-state index contributed by atoms with van der Waals surface area (Å²) >= 11 is 5.92. The molecule has 138 valence electrons. The molecule has 0 aliphatic rings. The van der Waals surface area contributed by atoms with Gasteiger partial charge in [-0.15, -0.1) is 10.2 Å². The van der Waals surface area contributed by atoms with Crippen LogP contribution in [0, 0.1) is 10.1 Å². The average molecular weight is 389 g/mol. The number of benzene rings is 1. The number of carbonyl (C=O) groups excluding carboxylic acids is 1. The lowest BCUT2D eigenvalue weighted by Crippen LogP contribution is -2.28. The van der Waals surface area contributed by atoms with Crippen molar-refractivity contribution in [2.45, 2.75) is 0 Å². The second-order valence-corrected chi connectivity index (χ2v) is 5.67. The van der Waals surface area contributed by atoms with E-state index in [0.29, 0.717) is 11.5 Å². The van der Waals surface area contributed by atoms with E-state index >= 15 is 0 Å². The first kappa shape index (κ1) is 18.3. The van der Waals surface area contributed by atoms with E-state index in [1.165, 1.54) is 18.4 Å². The third-order valence-corrected chi connectivity index (χ3v) is 3.79. The highest BCUT2D eigenvalue weighted by Crippen LogP contribution is 2.22. The van der Waals surface area contributed by atoms with Crippen LogP contribution in [0.4, 0.5) is 5.69 Å². The van der Waals surface area contributed by atoms with Gasteiger partial charge in [0.15, 0.2) is 5.76 Å². The van der Waals surface area contributed by atoms with Gasteiger partial charge in [0.1, 0.15) is 12.3 Å². The number of ether oxygens (including phenoxy) is 1. The van der Waals surface area contributed by atoms with E-state index < -0.39 is 10.8 Å². The molecule has 0 saturated carbocycles. The highest BCUT2D eigenvalue weighted by atomic mass is 35.5. The number of nitro groups is 1. The molecule has 0 radical (unpaired) electrons. The number of carbonyl (C=O) groups is 1. The summed E-state index contributed by atoms with van der Waals surface area (Å²) in [5, 5.41) is 21.4. The molecule has 0 aliphatic heterocycles. The maximum absolute atomic E-state index is 12.1. The first-order chi connectivity index (χ1) is 13.0. The number of hydrogen-bond acceptors (Lipinski definition) is 7. The Morgan fingerprint density at radius 1 is 1.26 bits per heavy atom. The SMILES string of the molecule is O=C(NCCOc1ccc(-c2ccco2)nn1)c1cc([N+](=O)[O-])ccc1Cl. The predicted octanol–water partition coefficient (Wildman–Crippen LogP) is 3.11. The number of nitro benzene ring substituents is 1. The molecule has 10 heteroatoms. The van der Waals surface area contributed by atoms with Crippen molar-refractivity contribution in [2.75, 3.05) is 13.2 Å². The second-order valence-electron chi connectivity index (χ2n) is 5.26. The minimum atomic E-state index is -0.596. The zero-order valence-electron chi connectivity index (χ0n) is 13.8. The highest BCUT2D eigenvalue weighted by Gasteiger charge is 2.15. The zero-order valence-corrected chi connectivity index (χ0v) is 14.5. The number of aromatic nitrogens is 2. The standard InChI is InChI=1S/C17H13ClN4O5/c18-13-4-3-11(22(24)25)10-12(13)17(23)19-7-9-27-16-6-5-14(20-21-16)15-2-1-8-26-15/h1-6,8,10H,7,9H2,(H,19,23). The van der Waals surface area contributed by atoms with E-state index in [4.69, 9.17) is 20.8 Å². The monoisotopic (exact) mass is 388 g/mol. The van der Waals surface area contributed by atoms with Crippen molar-refractivity contribution in [3.63, 3.8) is 0 Å². The van der Waals surface area contributed by atoms with Crippen LogP contribution in [-0.4, -0.2) is 34.2 Å². The minimum absolute atomic E-state index is 0.0217. The van der Waals surface area contributed by atoms with Gasteiger partial charge in [-0.1, -0.05) is 11.6 Å². The number of amides is 1. The molecule has 2 heterocycles. The van der Waals surface area contributed by atoms with E-state index in [-0.39, 0.29) is 35.3 Å². The van der Waals surface area contributed by atoms with Crippen LogP contribution >= 0.6 is 11.6 Å². The average Bonchev–Trinajstić information content (AvgIpc) is 3.20. The lowest BCUT2D eigenvalue weighted by atomic mass is 10.2. The summed E-state index contributed by atoms with van der Waals surface area (Å²) in [5.74, 6) is 0.342. The van der Waals surface area contributed by atoms with Gasteiger partial charge in [0.2, 0.25) is 5.88 Å². The highest BCUT2D eigenvalue weighted by molar-refractivity contribution is 6.33. The summed E-state index contributed by atoms with van der Waals surface area (Å²) < 4.78 is 10.6. The van der Waals surface area contributed by atoms with Crippen molar-refractivity contribution in [1.82, 2.24) is 15.5 Å². The van der Waals surface area contributed by atoms with Crippen LogP contribution in [0.1, 0.15) is 10.4 Å². The van der Waals surface area contributed by atoms with Crippen molar-refractivity contribution in [1.29, 1.82) is 0 Å². The Kier molecular flexibility index (Phi) is 5.62. The quantitative estimate of drug-likeness (QED) is 0.375. The Labute approximate surface area is 158 Å². The molecule has 1 amide bonds. The molecule has 0 bridgehead atoms. The molecule has 9 nitrogen and oxygen atoms in total. The van der Waals surface area contributed by atoms with Crippen LogP contribution in [0.15, 0.2) is 53.1 Å². The van der Waals surface area contributed by atoms with Crippen molar-refractivity contribution < 1.29 is 18.9 Å². The molecule has 0 spiro atoms. The Bertz CT molecular complexity index is 944. The van der Waals surface area contributed by atoms with Crippen LogP contribution in [-0.2, 0) is 0 Å². The van der Waals surface area contributed by atoms with Gasteiger partial charge in [0.25, 0.3) is 11.6 Å². The number of rotatable bonds is 7. The van der Waals surface area contributed by atoms with E-state index in [2.05, 4.69) is 15.5 Å². The molecular formula is C17H13ClN4O5. The van der Waals surface area contributed by atoms with Gasteiger partial charge in [-0.25, -0.2) is 0 Å². The molecule has 0 atom stereocenters. The molecule has 1 aromatic carbocycles. The second kappa shape index (κ2) is 8.28. The number of halogens is 1. The largest absolute Gasteiger partial charge is 0.475 e. The fourth-order valence-corrected chi connectivity index (χ4v) is 2.37. The molecule has 3 rings (SSSR count). The Hall–Kier alpha value is -3.46. The lowest BCUT2D eigenvalue weighted by molar-refractivity contribution is -0.384. The van der Waals surface area contributed by atoms with Crippen LogP contribution < -0.4 is 10.1 Å². The van der Waals surface area contributed by atoms with Crippen LogP contribution in [0.3, 0.4) is 0 Å². The lowest BCUT2D eigenvalue weighted by Gasteiger charge is -2.08. The Morgan fingerprint density at radius 3 is 2.78 bits per heavy atom. The molecule has 0 saturated heterocycles. The van der Waals surface area contributed by atoms with Gasteiger partial charge in [-0.05, 0) is 24.3 Å². The third kappa shape index (κ3) is 4.59. The third-order valence-electron chi connectivity index (χ3n) is 3.46. The molecular weight excluding hydrogens is 376 g/mol. The first-order valence-electron chi connectivity index (χ1n) is 7.77. The number of nitrogens with zero attached hydrogens (tertiary/aromatic N) is 3. The predicted molar refractivity (Wildman–Crippen MR) is 95.7 cm³/mol. The summed E-state index contributed by atoms with van der Waals surface area (Å²) in [6.45, 7) is 0.284. The van der Waals surface area contributed by atoms with Crippen molar-refractivity contribution in [3.05, 3.63) is 69.4 Å². The Balaban J connectivity index is 1.51. The van der Waals surface area contributed by atoms with Crippen LogP contribution in [0.25, 0.3) is 11.5 Å².